The summed E-state index contributed by atoms with van der Waals surface area (Å²) in [7, 11) is 0.457. The quantitative estimate of drug-likeness (QED) is 0.606. The van der Waals surface area contributed by atoms with Crippen molar-refractivity contribution in [2.45, 2.75) is 19.3 Å². The maximum Gasteiger partial charge on any atom is 0.299 e. The number of hydrogen-bond acceptors (Lipinski definition) is 7. The Kier molecular flexibility index (Phi) is 8.26. The van der Waals surface area contributed by atoms with Crippen molar-refractivity contribution in [3.63, 3.8) is 0 Å². The fourth-order valence-electron chi connectivity index (χ4n) is 3.39. The number of nitrogens with zero attached hydrogens (tertiary/aromatic N) is 1. The van der Waals surface area contributed by atoms with Crippen LogP contribution in [-0.2, 0) is 10.2 Å². The number of fused-ring (bicyclic) bond motifs is 1. The smallest absolute Gasteiger partial charge is 0.299 e. The highest BCUT2D eigenvalue weighted by molar-refractivity contribution is 7.90. The van der Waals surface area contributed by atoms with Crippen molar-refractivity contribution in [3.05, 3.63) is 12.3 Å². The molecule has 0 spiro atoms. The van der Waals surface area contributed by atoms with Gasteiger partial charge in [-0.2, -0.15) is 8.42 Å². The zero-order valence-electron chi connectivity index (χ0n) is 16.8. The molecule has 29 heavy (non-hydrogen) atoms. The number of furan rings is 1. The van der Waals surface area contributed by atoms with Crippen LogP contribution < -0.4 is 23.7 Å². The maximum atomic E-state index is 12.2. The fraction of sp³-hybridized carbons (Fsp3) is 0.556. The molecule has 0 radical (unpaired) electrons. The van der Waals surface area contributed by atoms with E-state index in [-0.39, 0.29) is 23.8 Å². The van der Waals surface area contributed by atoms with Gasteiger partial charge in [-0.3, -0.25) is 9.62 Å². The molecule has 2 N–H and O–H groups in total. The Bertz CT molecular complexity index is 912. The van der Waals surface area contributed by atoms with Gasteiger partial charge >= 0.3 is 0 Å². The summed E-state index contributed by atoms with van der Waals surface area (Å²) in [6.45, 7) is 3.19. The molecule has 1 aliphatic heterocycles. The molecule has 1 aromatic heterocycles. The monoisotopic (exact) mass is 449 g/mol. The number of halogens is 1. The first-order valence-corrected chi connectivity index (χ1v) is 10.7. The molecule has 1 saturated heterocycles. The number of anilines is 1. The van der Waals surface area contributed by atoms with Gasteiger partial charge in [0.1, 0.15) is 12.3 Å². The minimum absolute atomic E-state index is 0. The van der Waals surface area contributed by atoms with Gasteiger partial charge in [0.25, 0.3) is 10.2 Å². The van der Waals surface area contributed by atoms with Crippen molar-refractivity contribution in [3.8, 4) is 17.2 Å². The van der Waals surface area contributed by atoms with Crippen LogP contribution in [0.15, 0.2) is 16.7 Å². The molecule has 2 heterocycles. The highest BCUT2D eigenvalue weighted by atomic mass is 35.5. The van der Waals surface area contributed by atoms with E-state index < -0.39 is 10.2 Å². The molecule has 0 atom stereocenters. The molecule has 11 heteroatoms. The van der Waals surface area contributed by atoms with Crippen LogP contribution in [0.1, 0.15) is 19.3 Å². The number of likely N-dealkylation sites (tertiary alicyclic amines) is 1. The normalized spacial score (nSPS) is 15.0. The lowest BCUT2D eigenvalue weighted by Crippen LogP contribution is -2.33. The summed E-state index contributed by atoms with van der Waals surface area (Å²) < 4.78 is 51.6. The van der Waals surface area contributed by atoms with Gasteiger partial charge in [0.2, 0.25) is 5.75 Å². The second kappa shape index (κ2) is 10.2. The minimum Gasteiger partial charge on any atom is -0.494 e. The minimum atomic E-state index is -3.81. The largest absolute Gasteiger partial charge is 0.494 e. The van der Waals surface area contributed by atoms with E-state index in [0.717, 1.165) is 19.6 Å². The first kappa shape index (κ1) is 23.4. The molecule has 0 amide bonds. The lowest BCUT2D eigenvalue weighted by molar-refractivity contribution is 0.181. The number of hydrogen-bond donors (Lipinski definition) is 2. The number of ether oxygens (including phenoxy) is 3. The number of piperidine rings is 1. The highest BCUT2D eigenvalue weighted by Gasteiger charge is 2.27. The van der Waals surface area contributed by atoms with Gasteiger partial charge < -0.3 is 18.6 Å². The van der Waals surface area contributed by atoms with Crippen LogP contribution in [0.2, 0.25) is 0 Å². The van der Waals surface area contributed by atoms with Crippen LogP contribution in [0.3, 0.4) is 0 Å². The lowest BCUT2D eigenvalue weighted by Gasteiger charge is -2.26. The molecular formula is C18H28ClN3O6S. The van der Waals surface area contributed by atoms with E-state index in [4.69, 9.17) is 18.6 Å². The lowest BCUT2D eigenvalue weighted by atomic mass is 10.1. The molecule has 2 aromatic rings. The molecular weight excluding hydrogens is 422 g/mol. The Morgan fingerprint density at radius 3 is 2.41 bits per heavy atom. The maximum absolute atomic E-state index is 12.2. The molecule has 0 aliphatic carbocycles. The Labute approximate surface area is 177 Å². The molecule has 3 rings (SSSR count). The first-order valence-electron chi connectivity index (χ1n) is 9.22. The van der Waals surface area contributed by atoms with Gasteiger partial charge in [0, 0.05) is 13.6 Å². The zero-order valence-corrected chi connectivity index (χ0v) is 18.5. The van der Waals surface area contributed by atoms with Crippen molar-refractivity contribution in [2.75, 3.05) is 52.2 Å². The Morgan fingerprint density at radius 1 is 1.10 bits per heavy atom. The summed E-state index contributed by atoms with van der Waals surface area (Å²) in [5, 5.41) is 0.580. The third-order valence-electron chi connectivity index (χ3n) is 4.79. The zero-order chi connectivity index (χ0) is 20.1. The third kappa shape index (κ3) is 5.19. The number of rotatable bonds is 9. The average molecular weight is 450 g/mol. The van der Waals surface area contributed by atoms with Crippen molar-refractivity contribution < 1.29 is 27.0 Å². The van der Waals surface area contributed by atoms with Gasteiger partial charge in [-0.05, 0) is 32.0 Å². The molecule has 0 saturated carbocycles. The highest BCUT2D eigenvalue weighted by Crippen LogP contribution is 2.50. The second-order valence-electron chi connectivity index (χ2n) is 6.49. The molecule has 1 fully saturated rings. The Hall–Kier alpha value is -1.88. The summed E-state index contributed by atoms with van der Waals surface area (Å²) in [5.41, 5.74) is 0.598. The van der Waals surface area contributed by atoms with E-state index in [1.807, 2.05) is 0 Å². The van der Waals surface area contributed by atoms with Crippen LogP contribution in [0, 0.1) is 0 Å². The van der Waals surface area contributed by atoms with E-state index in [1.165, 1.54) is 46.8 Å². The molecule has 1 aromatic carbocycles. The predicted octanol–water partition coefficient (Wildman–Crippen LogP) is 2.61. The van der Waals surface area contributed by atoms with Gasteiger partial charge in [-0.15, -0.1) is 12.4 Å². The van der Waals surface area contributed by atoms with Crippen LogP contribution in [0.25, 0.3) is 11.0 Å². The second-order valence-corrected chi connectivity index (χ2v) is 8.11. The van der Waals surface area contributed by atoms with E-state index in [9.17, 15) is 8.42 Å². The molecule has 1 aliphatic rings. The Balaban J connectivity index is 0.00000300. The van der Waals surface area contributed by atoms with Crippen molar-refractivity contribution >= 4 is 39.3 Å². The summed E-state index contributed by atoms with van der Waals surface area (Å²) in [6.07, 6.45) is 5.11. The standard InChI is InChI=1S/C18H27N3O6S.ClH/c1-19-28(22,23)20-14-15(24-2)13-7-11-26-16(13)18(25-3)17(14)27-12-10-21-8-5-4-6-9-21;/h7,11,19-20H,4-6,8-10,12H2,1-3H3;1H. The SMILES string of the molecule is CNS(=O)(=O)Nc1c(OCCN2CCCCC2)c(OC)c2occc2c1OC.Cl. The molecule has 9 nitrogen and oxygen atoms in total. The van der Waals surface area contributed by atoms with Crippen LogP contribution in [0.4, 0.5) is 5.69 Å². The predicted molar refractivity (Wildman–Crippen MR) is 114 cm³/mol. The summed E-state index contributed by atoms with van der Waals surface area (Å²) >= 11 is 0. The van der Waals surface area contributed by atoms with Gasteiger partial charge in [-0.25, -0.2) is 4.72 Å². The number of benzene rings is 1. The van der Waals surface area contributed by atoms with Crippen LogP contribution in [-0.4, -0.2) is 60.8 Å². The molecule has 164 valence electrons. The van der Waals surface area contributed by atoms with Crippen molar-refractivity contribution in [1.82, 2.24) is 9.62 Å². The third-order valence-corrected chi connectivity index (χ3v) is 5.80. The van der Waals surface area contributed by atoms with E-state index >= 15 is 0 Å². The van der Waals surface area contributed by atoms with Gasteiger partial charge in [0.05, 0.1) is 25.9 Å². The van der Waals surface area contributed by atoms with E-state index in [2.05, 4.69) is 14.3 Å². The van der Waals surface area contributed by atoms with Crippen LogP contribution >= 0.6 is 12.4 Å². The first-order chi connectivity index (χ1) is 13.5. The number of nitrogens with one attached hydrogen (secondary N) is 2. The summed E-state index contributed by atoms with van der Waals surface area (Å²) in [6, 6.07) is 1.69. The number of methoxy groups -OCH3 is 2. The van der Waals surface area contributed by atoms with Crippen molar-refractivity contribution in [2.24, 2.45) is 0 Å². The van der Waals surface area contributed by atoms with Crippen molar-refractivity contribution in [1.29, 1.82) is 0 Å². The van der Waals surface area contributed by atoms with E-state index in [0.29, 0.717) is 29.1 Å². The van der Waals surface area contributed by atoms with Gasteiger partial charge in [0.15, 0.2) is 17.1 Å². The average Bonchev–Trinajstić information content (AvgIpc) is 3.18. The summed E-state index contributed by atoms with van der Waals surface area (Å²) in [5.74, 6) is 0.849. The topological polar surface area (TPSA) is 102 Å². The van der Waals surface area contributed by atoms with Gasteiger partial charge in [-0.1, -0.05) is 6.42 Å². The summed E-state index contributed by atoms with van der Waals surface area (Å²) in [4.78, 5) is 2.33. The Morgan fingerprint density at radius 2 is 1.79 bits per heavy atom. The molecule has 0 unspecified atom stereocenters. The fourth-order valence-corrected chi connectivity index (χ4v) is 3.95. The van der Waals surface area contributed by atoms with E-state index in [1.54, 1.807) is 6.07 Å². The van der Waals surface area contributed by atoms with Crippen LogP contribution in [0.5, 0.6) is 17.2 Å². The molecule has 0 bridgehead atoms.